The number of hydrogen-bond donors (Lipinski definition) is 0. The highest BCUT2D eigenvalue weighted by Crippen LogP contribution is 2.35. The molecule has 0 bridgehead atoms. The first-order valence-corrected chi connectivity index (χ1v) is 6.61. The first-order chi connectivity index (χ1) is 10.0. The molecule has 0 fully saturated rings. The van der Waals surface area contributed by atoms with Crippen LogP contribution in [0, 0.1) is 10.1 Å². The zero-order valence-corrected chi connectivity index (χ0v) is 12.3. The number of alkyl halides is 1. The molecule has 0 saturated carbocycles. The van der Waals surface area contributed by atoms with Crippen molar-refractivity contribution in [2.75, 3.05) is 7.11 Å². The molecule has 0 amide bonds. The number of ether oxygens (including phenoxy) is 2. The van der Waals surface area contributed by atoms with Crippen molar-refractivity contribution in [3.05, 3.63) is 45.8 Å². The quantitative estimate of drug-likeness (QED) is 0.465. The molecule has 1 aromatic carbocycles. The van der Waals surface area contributed by atoms with Crippen molar-refractivity contribution in [3.63, 3.8) is 0 Å². The summed E-state index contributed by atoms with van der Waals surface area (Å²) in [5.41, 5.74) is 0.995. The van der Waals surface area contributed by atoms with Crippen molar-refractivity contribution in [2.45, 2.75) is 12.5 Å². The second-order valence-corrected chi connectivity index (χ2v) is 4.56. The number of aromatic nitrogens is 2. The lowest BCUT2D eigenvalue weighted by Crippen LogP contribution is -2.02. The van der Waals surface area contributed by atoms with Gasteiger partial charge in [0.15, 0.2) is 11.5 Å². The summed E-state index contributed by atoms with van der Waals surface area (Å²) in [5.74, 6) is 0.698. The molecule has 8 heteroatoms. The molecular formula is C13H14ClN3O4. The fraction of sp³-hybridized carbons (Fsp3) is 0.308. The van der Waals surface area contributed by atoms with E-state index in [0.29, 0.717) is 17.0 Å². The molecule has 0 atom stereocenters. The number of hydrogen-bond acceptors (Lipinski definition) is 5. The smallest absolute Gasteiger partial charge is 0.277 e. The maximum absolute atomic E-state index is 11.0. The van der Waals surface area contributed by atoms with E-state index in [0.717, 1.165) is 0 Å². The minimum absolute atomic E-state index is 0.0210. The van der Waals surface area contributed by atoms with Gasteiger partial charge in [0.1, 0.15) is 6.61 Å². The van der Waals surface area contributed by atoms with Gasteiger partial charge in [-0.1, -0.05) is 0 Å². The summed E-state index contributed by atoms with van der Waals surface area (Å²) in [6.07, 6.45) is 1.79. The first-order valence-electron chi connectivity index (χ1n) is 6.07. The van der Waals surface area contributed by atoms with Crippen LogP contribution >= 0.6 is 11.6 Å². The molecule has 0 aliphatic rings. The lowest BCUT2D eigenvalue weighted by Gasteiger charge is -2.11. The monoisotopic (exact) mass is 311 g/mol. The van der Waals surface area contributed by atoms with Gasteiger partial charge in [-0.15, -0.1) is 11.6 Å². The van der Waals surface area contributed by atoms with E-state index in [2.05, 4.69) is 5.10 Å². The maximum atomic E-state index is 11.0. The van der Waals surface area contributed by atoms with E-state index in [1.807, 2.05) is 0 Å². The van der Waals surface area contributed by atoms with Crippen LogP contribution in [-0.4, -0.2) is 21.8 Å². The van der Waals surface area contributed by atoms with Crippen molar-refractivity contribution < 1.29 is 14.4 Å². The summed E-state index contributed by atoms with van der Waals surface area (Å²) in [6.45, 7) is 0.189. The van der Waals surface area contributed by atoms with E-state index < -0.39 is 4.92 Å². The van der Waals surface area contributed by atoms with E-state index >= 15 is 0 Å². The second-order valence-electron chi connectivity index (χ2n) is 4.29. The van der Waals surface area contributed by atoms with Crippen molar-refractivity contribution in [2.24, 2.45) is 7.05 Å². The van der Waals surface area contributed by atoms with Crippen LogP contribution in [0.15, 0.2) is 24.4 Å². The Kier molecular flexibility index (Phi) is 4.64. The Morgan fingerprint density at radius 1 is 1.43 bits per heavy atom. The topological polar surface area (TPSA) is 79.4 Å². The van der Waals surface area contributed by atoms with Crippen LogP contribution in [0.25, 0.3) is 0 Å². The van der Waals surface area contributed by atoms with Gasteiger partial charge in [-0.3, -0.25) is 14.8 Å². The molecule has 0 aliphatic carbocycles. The highest BCUT2D eigenvalue weighted by molar-refractivity contribution is 6.17. The van der Waals surface area contributed by atoms with Gasteiger partial charge in [-0.05, 0) is 12.1 Å². The predicted octanol–water partition coefficient (Wildman–Crippen LogP) is 2.65. The second kappa shape index (κ2) is 6.45. The van der Waals surface area contributed by atoms with Crippen LogP contribution in [0.1, 0.15) is 11.3 Å². The number of halogens is 1. The molecule has 2 rings (SSSR count). The lowest BCUT2D eigenvalue weighted by molar-refractivity contribution is -0.385. The molecule has 0 saturated heterocycles. The molecule has 0 unspecified atom stereocenters. The minimum atomic E-state index is -0.495. The number of rotatable bonds is 6. The Hall–Kier alpha value is -2.28. The van der Waals surface area contributed by atoms with Crippen LogP contribution in [0.3, 0.4) is 0 Å². The zero-order valence-electron chi connectivity index (χ0n) is 11.6. The Labute approximate surface area is 126 Å². The Morgan fingerprint density at radius 2 is 2.19 bits per heavy atom. The van der Waals surface area contributed by atoms with Gasteiger partial charge in [-0.2, -0.15) is 5.10 Å². The van der Waals surface area contributed by atoms with Gasteiger partial charge in [0.05, 0.1) is 29.7 Å². The van der Waals surface area contributed by atoms with E-state index in [9.17, 15) is 10.1 Å². The van der Waals surface area contributed by atoms with Crippen LogP contribution in [-0.2, 0) is 19.5 Å². The van der Waals surface area contributed by atoms with Crippen LogP contribution in [0.5, 0.6) is 11.5 Å². The van der Waals surface area contributed by atoms with E-state index in [1.165, 1.54) is 19.2 Å². The normalized spacial score (nSPS) is 10.4. The predicted molar refractivity (Wildman–Crippen MR) is 76.7 cm³/mol. The molecule has 7 nitrogen and oxygen atoms in total. The average Bonchev–Trinajstić information content (AvgIpc) is 2.89. The number of benzene rings is 1. The number of aryl methyl sites for hydroxylation is 1. The molecule has 112 valence electrons. The summed E-state index contributed by atoms with van der Waals surface area (Å²) < 4.78 is 12.4. The molecule has 2 aromatic rings. The van der Waals surface area contributed by atoms with Gasteiger partial charge in [0.2, 0.25) is 0 Å². The van der Waals surface area contributed by atoms with E-state index in [-0.39, 0.29) is 23.9 Å². The standard InChI is InChI=1S/C13H14ClN3O4/c1-16-4-3-10(15-16)8-21-13-6-11(17(18)19)9(7-14)5-12(13)20-2/h3-6H,7-8H2,1-2H3. The van der Waals surface area contributed by atoms with Gasteiger partial charge in [0.25, 0.3) is 5.69 Å². The molecule has 1 aromatic heterocycles. The fourth-order valence-electron chi connectivity index (χ4n) is 1.83. The third kappa shape index (κ3) is 3.43. The number of nitro groups is 1. The molecule has 21 heavy (non-hydrogen) atoms. The third-order valence-electron chi connectivity index (χ3n) is 2.85. The van der Waals surface area contributed by atoms with E-state index in [4.69, 9.17) is 21.1 Å². The van der Waals surface area contributed by atoms with Crippen molar-refractivity contribution in [3.8, 4) is 11.5 Å². The van der Waals surface area contributed by atoms with Crippen molar-refractivity contribution >= 4 is 17.3 Å². The van der Waals surface area contributed by atoms with Gasteiger partial charge in [-0.25, -0.2) is 0 Å². The van der Waals surface area contributed by atoms with Crippen molar-refractivity contribution in [1.29, 1.82) is 0 Å². The zero-order chi connectivity index (χ0) is 15.4. The molecule has 0 radical (unpaired) electrons. The summed E-state index contributed by atoms with van der Waals surface area (Å²) in [6, 6.07) is 4.63. The lowest BCUT2D eigenvalue weighted by atomic mass is 10.2. The van der Waals surface area contributed by atoms with Crippen LogP contribution in [0.2, 0.25) is 0 Å². The molecule has 0 spiro atoms. The van der Waals surface area contributed by atoms with Gasteiger partial charge < -0.3 is 9.47 Å². The fourth-order valence-corrected chi connectivity index (χ4v) is 2.05. The summed E-state index contributed by atoms with van der Waals surface area (Å²) in [7, 11) is 3.26. The number of nitrogens with zero attached hydrogens (tertiary/aromatic N) is 3. The van der Waals surface area contributed by atoms with Crippen molar-refractivity contribution in [1.82, 2.24) is 9.78 Å². The summed E-state index contributed by atoms with van der Waals surface area (Å²) in [5, 5.41) is 15.2. The summed E-state index contributed by atoms with van der Waals surface area (Å²) >= 11 is 5.72. The Morgan fingerprint density at radius 3 is 2.71 bits per heavy atom. The largest absolute Gasteiger partial charge is 0.493 e. The van der Waals surface area contributed by atoms with Gasteiger partial charge >= 0.3 is 0 Å². The average molecular weight is 312 g/mol. The molecular weight excluding hydrogens is 298 g/mol. The summed E-state index contributed by atoms with van der Waals surface area (Å²) in [4.78, 5) is 10.5. The highest BCUT2D eigenvalue weighted by Gasteiger charge is 2.19. The number of methoxy groups -OCH3 is 1. The molecule has 1 heterocycles. The Balaban J connectivity index is 2.28. The minimum Gasteiger partial charge on any atom is -0.493 e. The van der Waals surface area contributed by atoms with Gasteiger partial charge in [0, 0.05) is 18.8 Å². The molecule has 0 N–H and O–H groups in total. The number of nitro benzene ring substituents is 1. The first kappa shape index (κ1) is 15.1. The van der Waals surface area contributed by atoms with E-state index in [1.54, 1.807) is 24.0 Å². The van der Waals surface area contributed by atoms with Crippen LogP contribution in [0.4, 0.5) is 5.69 Å². The highest BCUT2D eigenvalue weighted by atomic mass is 35.5. The Bertz CT molecular complexity index is 657. The third-order valence-corrected chi connectivity index (χ3v) is 3.14. The SMILES string of the molecule is COc1cc(CCl)c([N+](=O)[O-])cc1OCc1ccn(C)n1. The maximum Gasteiger partial charge on any atom is 0.277 e. The molecule has 0 aliphatic heterocycles. The van der Waals surface area contributed by atoms with Crippen LogP contribution < -0.4 is 9.47 Å².